The first-order valence-electron chi connectivity index (χ1n) is 16.2. The monoisotopic (exact) mass is 644 g/mol. The molecule has 9 rings (SSSR count). The number of aromatic nitrogens is 4. The van der Waals surface area contributed by atoms with Crippen LogP contribution in [0.25, 0.3) is 87.7 Å². The van der Waals surface area contributed by atoms with Gasteiger partial charge in [0.05, 0.1) is 0 Å². The fraction of sp³-hybridized carbons (Fsp3) is 0. The molecule has 0 aliphatic rings. The molecule has 0 fully saturated rings. The van der Waals surface area contributed by atoms with Gasteiger partial charge in [0.25, 0.3) is 0 Å². The molecular weight excluding hydrogens is 617 g/mol. The maximum Gasteiger partial charge on any atom is 0.164 e. The van der Waals surface area contributed by atoms with Crippen molar-refractivity contribution in [3.63, 3.8) is 0 Å². The Bertz CT molecular complexity index is 2540. The number of pyridine rings is 1. The minimum absolute atomic E-state index is 0.646. The molecule has 0 N–H and O–H groups in total. The molecule has 0 saturated heterocycles. The second-order valence-electron chi connectivity index (χ2n) is 11.8. The number of hydrogen-bond donors (Lipinski definition) is 0. The summed E-state index contributed by atoms with van der Waals surface area (Å²) in [5, 5.41) is 2.48. The summed E-state index contributed by atoms with van der Waals surface area (Å²) in [6, 6.07) is 54.7. The van der Waals surface area contributed by atoms with Crippen LogP contribution in [0.3, 0.4) is 0 Å². The molecule has 230 valence electrons. The SMILES string of the molecule is c1ccc(-c2nc(-c3ccccc3)nc(-c3ccccc3-c3cccc4c3sc3c(-c5ccccc5-c5cccnc5)cccc34)n2)cc1. The zero-order valence-electron chi connectivity index (χ0n) is 26.4. The zero-order chi connectivity index (χ0) is 32.6. The average Bonchev–Trinajstić information content (AvgIpc) is 3.58. The molecule has 0 aliphatic carbocycles. The molecule has 0 saturated carbocycles. The van der Waals surface area contributed by atoms with E-state index in [0.717, 1.165) is 33.4 Å². The summed E-state index contributed by atoms with van der Waals surface area (Å²) in [5.41, 5.74) is 9.79. The van der Waals surface area contributed by atoms with Gasteiger partial charge in [0, 0.05) is 65.9 Å². The lowest BCUT2D eigenvalue weighted by Crippen LogP contribution is -2.01. The van der Waals surface area contributed by atoms with E-state index in [-0.39, 0.29) is 0 Å². The smallest absolute Gasteiger partial charge is 0.164 e. The Balaban J connectivity index is 1.25. The minimum atomic E-state index is 0.646. The summed E-state index contributed by atoms with van der Waals surface area (Å²) >= 11 is 1.84. The van der Waals surface area contributed by atoms with Gasteiger partial charge in [0.2, 0.25) is 0 Å². The first kappa shape index (κ1) is 28.9. The molecule has 0 bridgehead atoms. The lowest BCUT2D eigenvalue weighted by molar-refractivity contribution is 1.07. The van der Waals surface area contributed by atoms with Gasteiger partial charge in [-0.2, -0.15) is 0 Å². The highest BCUT2D eigenvalue weighted by atomic mass is 32.1. The molecule has 0 radical (unpaired) electrons. The van der Waals surface area contributed by atoms with Crippen LogP contribution in [-0.2, 0) is 0 Å². The van der Waals surface area contributed by atoms with Crippen LogP contribution < -0.4 is 0 Å². The standard InChI is InChI=1S/C44H28N4S/c1-3-14-29(15-4-1)42-46-43(30-16-5-2-6-17-30)48-44(47-42)39-22-10-9-21-34(39)36-24-12-26-38-37-25-11-23-35(40(37)49-41(36)38)33-20-8-7-19-32(33)31-18-13-27-45-28-31/h1-28H. The Morgan fingerprint density at radius 2 is 0.776 bits per heavy atom. The maximum absolute atomic E-state index is 5.08. The van der Waals surface area contributed by atoms with Crippen LogP contribution in [0, 0.1) is 0 Å². The molecule has 0 atom stereocenters. The Morgan fingerprint density at radius 3 is 1.33 bits per heavy atom. The fourth-order valence-electron chi connectivity index (χ4n) is 6.58. The predicted octanol–water partition coefficient (Wildman–Crippen LogP) is 11.6. The highest BCUT2D eigenvalue weighted by Gasteiger charge is 2.19. The molecule has 0 amide bonds. The summed E-state index contributed by atoms with van der Waals surface area (Å²) in [5.74, 6) is 1.94. The van der Waals surface area contributed by atoms with Crippen molar-refractivity contribution < 1.29 is 0 Å². The van der Waals surface area contributed by atoms with Crippen molar-refractivity contribution in [2.45, 2.75) is 0 Å². The zero-order valence-corrected chi connectivity index (χ0v) is 27.2. The molecule has 0 spiro atoms. The molecular formula is C44H28N4S. The van der Waals surface area contributed by atoms with Gasteiger partial charge in [-0.15, -0.1) is 11.3 Å². The van der Waals surface area contributed by atoms with Crippen molar-refractivity contribution in [2.75, 3.05) is 0 Å². The average molecular weight is 645 g/mol. The minimum Gasteiger partial charge on any atom is -0.264 e. The molecule has 0 aliphatic heterocycles. The predicted molar refractivity (Wildman–Crippen MR) is 203 cm³/mol. The first-order valence-corrected chi connectivity index (χ1v) is 17.0. The number of thiophene rings is 1. The van der Waals surface area contributed by atoms with Gasteiger partial charge in [0.1, 0.15) is 0 Å². The van der Waals surface area contributed by atoms with E-state index in [4.69, 9.17) is 15.0 Å². The van der Waals surface area contributed by atoms with Crippen LogP contribution in [0.1, 0.15) is 0 Å². The van der Waals surface area contributed by atoms with Gasteiger partial charge in [-0.3, -0.25) is 4.98 Å². The van der Waals surface area contributed by atoms with E-state index in [1.54, 1.807) is 0 Å². The second-order valence-corrected chi connectivity index (χ2v) is 12.9. The summed E-state index contributed by atoms with van der Waals surface area (Å²) in [6.45, 7) is 0. The molecule has 4 nitrogen and oxygen atoms in total. The third kappa shape index (κ3) is 5.27. The summed E-state index contributed by atoms with van der Waals surface area (Å²) < 4.78 is 2.49. The van der Waals surface area contributed by atoms with Crippen molar-refractivity contribution in [3.05, 3.63) is 170 Å². The molecule has 3 heterocycles. The highest BCUT2D eigenvalue weighted by Crippen LogP contribution is 2.46. The number of fused-ring (bicyclic) bond motifs is 3. The van der Waals surface area contributed by atoms with E-state index in [9.17, 15) is 0 Å². The van der Waals surface area contributed by atoms with Gasteiger partial charge >= 0.3 is 0 Å². The molecule has 9 aromatic rings. The third-order valence-electron chi connectivity index (χ3n) is 8.87. The van der Waals surface area contributed by atoms with Gasteiger partial charge in [-0.25, -0.2) is 15.0 Å². The number of hydrogen-bond acceptors (Lipinski definition) is 5. The fourth-order valence-corrected chi connectivity index (χ4v) is 7.93. The number of benzene rings is 6. The van der Waals surface area contributed by atoms with Crippen LogP contribution in [-0.4, -0.2) is 19.9 Å². The first-order chi connectivity index (χ1) is 24.3. The van der Waals surface area contributed by atoms with Crippen molar-refractivity contribution in [1.82, 2.24) is 19.9 Å². The van der Waals surface area contributed by atoms with E-state index in [0.29, 0.717) is 17.5 Å². The summed E-state index contributed by atoms with van der Waals surface area (Å²) in [7, 11) is 0. The largest absolute Gasteiger partial charge is 0.264 e. The normalized spacial score (nSPS) is 11.3. The van der Waals surface area contributed by atoms with E-state index in [1.165, 1.54) is 36.9 Å². The van der Waals surface area contributed by atoms with Crippen LogP contribution in [0.15, 0.2) is 170 Å². The van der Waals surface area contributed by atoms with Crippen molar-refractivity contribution in [2.24, 2.45) is 0 Å². The quantitative estimate of drug-likeness (QED) is 0.181. The topological polar surface area (TPSA) is 51.6 Å². The molecule has 5 heteroatoms. The van der Waals surface area contributed by atoms with E-state index in [2.05, 4.69) is 96.0 Å². The summed E-state index contributed by atoms with van der Waals surface area (Å²) in [6.07, 6.45) is 3.76. The van der Waals surface area contributed by atoms with E-state index >= 15 is 0 Å². The van der Waals surface area contributed by atoms with Crippen LogP contribution >= 0.6 is 11.3 Å². The molecule has 6 aromatic carbocycles. The third-order valence-corrected chi connectivity index (χ3v) is 10.2. The number of nitrogens with zero attached hydrogens (tertiary/aromatic N) is 4. The van der Waals surface area contributed by atoms with E-state index < -0.39 is 0 Å². The van der Waals surface area contributed by atoms with Gasteiger partial charge in [0.15, 0.2) is 17.5 Å². The van der Waals surface area contributed by atoms with Gasteiger partial charge in [-0.1, -0.05) is 152 Å². The van der Waals surface area contributed by atoms with Gasteiger partial charge < -0.3 is 0 Å². The Kier molecular flexibility index (Phi) is 7.30. The van der Waals surface area contributed by atoms with Crippen LogP contribution in [0.4, 0.5) is 0 Å². The lowest BCUT2D eigenvalue weighted by atomic mass is 9.94. The molecule has 3 aromatic heterocycles. The van der Waals surface area contributed by atoms with Crippen molar-refractivity contribution >= 4 is 31.5 Å². The van der Waals surface area contributed by atoms with Gasteiger partial charge in [-0.05, 0) is 22.8 Å². The van der Waals surface area contributed by atoms with Crippen molar-refractivity contribution in [3.8, 4) is 67.5 Å². The highest BCUT2D eigenvalue weighted by molar-refractivity contribution is 7.26. The Hall–Kier alpha value is -6.30. The molecule has 49 heavy (non-hydrogen) atoms. The Morgan fingerprint density at radius 1 is 0.327 bits per heavy atom. The van der Waals surface area contributed by atoms with Crippen LogP contribution in [0.2, 0.25) is 0 Å². The van der Waals surface area contributed by atoms with Crippen molar-refractivity contribution in [1.29, 1.82) is 0 Å². The Labute approximate surface area is 288 Å². The summed E-state index contributed by atoms with van der Waals surface area (Å²) in [4.78, 5) is 19.5. The molecule has 0 unspecified atom stereocenters. The second kappa shape index (κ2) is 12.4. The maximum atomic E-state index is 5.08. The number of rotatable bonds is 6. The van der Waals surface area contributed by atoms with Crippen LogP contribution in [0.5, 0.6) is 0 Å². The van der Waals surface area contributed by atoms with E-state index in [1.807, 2.05) is 90.5 Å². The lowest BCUT2D eigenvalue weighted by Gasteiger charge is -2.12.